The first kappa shape index (κ1) is 10.7. The Morgan fingerprint density at radius 1 is 1.62 bits per heavy atom. The second-order valence-electron chi connectivity index (χ2n) is 3.10. The Morgan fingerprint density at radius 3 is 3.12 bits per heavy atom. The van der Waals surface area contributed by atoms with Gasteiger partial charge in [0.2, 0.25) is 0 Å². The van der Waals surface area contributed by atoms with Gasteiger partial charge in [-0.05, 0) is 18.2 Å². The van der Waals surface area contributed by atoms with Crippen LogP contribution >= 0.6 is 11.3 Å². The molecule has 2 rings (SSSR count). The first-order chi connectivity index (χ1) is 7.69. The highest BCUT2D eigenvalue weighted by Crippen LogP contribution is 2.28. The van der Waals surface area contributed by atoms with E-state index in [1.165, 1.54) is 11.3 Å². The van der Waals surface area contributed by atoms with Crippen molar-refractivity contribution in [3.63, 3.8) is 0 Å². The molecule has 2 aromatic rings. The quantitative estimate of drug-likeness (QED) is 0.849. The number of fused-ring (bicyclic) bond motifs is 1. The van der Waals surface area contributed by atoms with E-state index in [1.54, 1.807) is 7.11 Å². The highest BCUT2D eigenvalue weighted by molar-refractivity contribution is 7.22. The average Bonchev–Trinajstić information content (AvgIpc) is 2.67. The molecule has 0 bridgehead atoms. The maximum absolute atomic E-state index is 10.4. The predicted octanol–water partition coefficient (Wildman–Crippen LogP) is 1.80. The number of aromatic nitrogens is 1. The van der Waals surface area contributed by atoms with Crippen molar-refractivity contribution in [3.05, 3.63) is 18.2 Å². The smallest absolute Gasteiger partial charge is 0.322 e. The fourth-order valence-electron chi connectivity index (χ4n) is 1.26. The molecule has 1 heterocycles. The minimum absolute atomic E-state index is 0.128. The van der Waals surface area contributed by atoms with Gasteiger partial charge in [0.1, 0.15) is 12.3 Å². The lowest BCUT2D eigenvalue weighted by atomic mass is 10.3. The summed E-state index contributed by atoms with van der Waals surface area (Å²) in [6.45, 7) is -0.128. The summed E-state index contributed by atoms with van der Waals surface area (Å²) in [4.78, 5) is 14.6. The Morgan fingerprint density at radius 2 is 2.44 bits per heavy atom. The summed E-state index contributed by atoms with van der Waals surface area (Å²) in [7, 11) is 1.60. The van der Waals surface area contributed by atoms with E-state index in [-0.39, 0.29) is 6.54 Å². The number of methoxy groups -OCH3 is 1. The Bertz CT molecular complexity index is 524. The molecule has 0 spiro atoms. The lowest BCUT2D eigenvalue weighted by Crippen LogP contribution is -2.11. The van der Waals surface area contributed by atoms with E-state index in [9.17, 15) is 4.79 Å². The lowest BCUT2D eigenvalue weighted by Gasteiger charge is -1.96. The molecule has 1 aromatic carbocycles. The van der Waals surface area contributed by atoms with Gasteiger partial charge >= 0.3 is 5.97 Å². The number of aliphatic carboxylic acids is 1. The van der Waals surface area contributed by atoms with Gasteiger partial charge in [-0.2, -0.15) is 0 Å². The van der Waals surface area contributed by atoms with Gasteiger partial charge in [0, 0.05) is 0 Å². The first-order valence-electron chi connectivity index (χ1n) is 4.59. The summed E-state index contributed by atoms with van der Waals surface area (Å²) in [6, 6.07) is 5.54. The summed E-state index contributed by atoms with van der Waals surface area (Å²) in [6.07, 6.45) is 0. The fraction of sp³-hybridized carbons (Fsp3) is 0.200. The number of hydrogen-bond acceptors (Lipinski definition) is 5. The molecule has 0 fully saturated rings. The van der Waals surface area contributed by atoms with E-state index in [1.807, 2.05) is 18.2 Å². The van der Waals surface area contributed by atoms with Crippen LogP contribution in [-0.4, -0.2) is 29.7 Å². The van der Waals surface area contributed by atoms with Crippen LogP contribution in [0.2, 0.25) is 0 Å². The lowest BCUT2D eigenvalue weighted by molar-refractivity contribution is -0.134. The number of rotatable bonds is 4. The number of ether oxygens (including phenoxy) is 1. The standard InChI is InChI=1S/C10H10N2O3S/c1-15-6-2-3-7-8(4-6)16-10(12-7)11-5-9(13)14/h2-4H,5H2,1H3,(H,11,12)(H,13,14). The van der Waals surface area contributed by atoms with Gasteiger partial charge in [0.05, 0.1) is 17.3 Å². The van der Waals surface area contributed by atoms with Crippen molar-refractivity contribution in [2.75, 3.05) is 19.0 Å². The molecule has 0 aliphatic heterocycles. The van der Waals surface area contributed by atoms with E-state index < -0.39 is 5.97 Å². The topological polar surface area (TPSA) is 71.5 Å². The second-order valence-corrected chi connectivity index (χ2v) is 4.13. The molecule has 0 radical (unpaired) electrons. The van der Waals surface area contributed by atoms with Gasteiger partial charge in [0.15, 0.2) is 5.13 Å². The van der Waals surface area contributed by atoms with Gasteiger partial charge in [0.25, 0.3) is 0 Å². The number of benzene rings is 1. The zero-order chi connectivity index (χ0) is 11.5. The molecular formula is C10H10N2O3S. The minimum atomic E-state index is -0.906. The number of hydrogen-bond donors (Lipinski definition) is 2. The van der Waals surface area contributed by atoms with Crippen LogP contribution in [0, 0.1) is 0 Å². The monoisotopic (exact) mass is 238 g/mol. The number of carboxylic acids is 1. The van der Waals surface area contributed by atoms with Gasteiger partial charge in [-0.15, -0.1) is 0 Å². The van der Waals surface area contributed by atoms with E-state index in [4.69, 9.17) is 9.84 Å². The van der Waals surface area contributed by atoms with E-state index in [0.29, 0.717) is 5.13 Å². The van der Waals surface area contributed by atoms with Crippen LogP contribution in [0.4, 0.5) is 5.13 Å². The number of nitrogens with zero attached hydrogens (tertiary/aromatic N) is 1. The Balaban J connectivity index is 2.25. The summed E-state index contributed by atoms with van der Waals surface area (Å²) < 4.78 is 6.06. The van der Waals surface area contributed by atoms with Gasteiger partial charge < -0.3 is 15.2 Å². The molecule has 0 saturated heterocycles. The van der Waals surface area contributed by atoms with E-state index >= 15 is 0 Å². The van der Waals surface area contributed by atoms with Crippen LogP contribution in [0.5, 0.6) is 5.75 Å². The fourth-order valence-corrected chi connectivity index (χ4v) is 2.15. The molecule has 0 atom stereocenters. The molecule has 0 aliphatic carbocycles. The molecule has 1 aromatic heterocycles. The highest BCUT2D eigenvalue weighted by Gasteiger charge is 2.05. The molecular weight excluding hydrogens is 228 g/mol. The Kier molecular flexibility index (Phi) is 2.91. The third-order valence-electron chi connectivity index (χ3n) is 1.99. The summed E-state index contributed by atoms with van der Waals surface area (Å²) >= 11 is 1.40. The average molecular weight is 238 g/mol. The second kappa shape index (κ2) is 4.36. The van der Waals surface area contributed by atoms with Gasteiger partial charge in [-0.1, -0.05) is 11.3 Å². The van der Waals surface area contributed by atoms with Crippen molar-refractivity contribution >= 4 is 32.7 Å². The Labute approximate surface area is 95.7 Å². The third-order valence-corrected chi connectivity index (χ3v) is 2.96. The molecule has 6 heteroatoms. The molecule has 0 unspecified atom stereocenters. The zero-order valence-corrected chi connectivity index (χ0v) is 9.37. The molecule has 0 saturated carbocycles. The molecule has 0 aliphatic rings. The minimum Gasteiger partial charge on any atom is -0.497 e. The molecule has 0 amide bonds. The Hall–Kier alpha value is -1.82. The van der Waals surface area contributed by atoms with Crippen molar-refractivity contribution in [1.29, 1.82) is 0 Å². The van der Waals surface area contributed by atoms with E-state index in [2.05, 4.69) is 10.3 Å². The zero-order valence-electron chi connectivity index (χ0n) is 8.56. The van der Waals surface area contributed by atoms with Crippen molar-refractivity contribution in [2.24, 2.45) is 0 Å². The number of anilines is 1. The normalized spacial score (nSPS) is 10.3. The summed E-state index contributed by atoms with van der Waals surface area (Å²) in [5, 5.41) is 11.9. The molecule has 16 heavy (non-hydrogen) atoms. The number of carbonyl (C=O) groups is 1. The highest BCUT2D eigenvalue weighted by atomic mass is 32.1. The molecule has 5 nitrogen and oxygen atoms in total. The molecule has 2 N–H and O–H groups in total. The van der Waals surface area contributed by atoms with E-state index in [0.717, 1.165) is 16.0 Å². The van der Waals surface area contributed by atoms with Crippen molar-refractivity contribution in [3.8, 4) is 5.75 Å². The van der Waals surface area contributed by atoms with Crippen LogP contribution in [0.15, 0.2) is 18.2 Å². The maximum Gasteiger partial charge on any atom is 0.322 e. The van der Waals surface area contributed by atoms with Crippen molar-refractivity contribution < 1.29 is 14.6 Å². The van der Waals surface area contributed by atoms with Crippen LogP contribution in [0.1, 0.15) is 0 Å². The SMILES string of the molecule is COc1ccc2nc(NCC(=O)O)sc2c1. The molecule has 84 valence electrons. The van der Waals surface area contributed by atoms with Crippen LogP contribution < -0.4 is 10.1 Å². The van der Waals surface area contributed by atoms with Crippen molar-refractivity contribution in [2.45, 2.75) is 0 Å². The number of carboxylic acid groups (broad SMARTS) is 1. The first-order valence-corrected chi connectivity index (χ1v) is 5.41. The maximum atomic E-state index is 10.4. The largest absolute Gasteiger partial charge is 0.497 e. The van der Waals surface area contributed by atoms with Gasteiger partial charge in [-0.3, -0.25) is 4.79 Å². The van der Waals surface area contributed by atoms with Gasteiger partial charge in [-0.25, -0.2) is 4.98 Å². The summed E-state index contributed by atoms with van der Waals surface area (Å²) in [5.74, 6) is -0.141. The van der Waals surface area contributed by atoms with Crippen LogP contribution in [0.3, 0.4) is 0 Å². The van der Waals surface area contributed by atoms with Crippen LogP contribution in [-0.2, 0) is 4.79 Å². The van der Waals surface area contributed by atoms with Crippen molar-refractivity contribution in [1.82, 2.24) is 4.98 Å². The predicted molar refractivity (Wildman–Crippen MR) is 62.3 cm³/mol. The number of nitrogens with one attached hydrogen (secondary N) is 1. The van der Waals surface area contributed by atoms with Crippen LogP contribution in [0.25, 0.3) is 10.2 Å². The number of thiazole rings is 1. The third kappa shape index (κ3) is 2.22. The summed E-state index contributed by atoms with van der Waals surface area (Å²) in [5.41, 5.74) is 0.832.